The first-order chi connectivity index (χ1) is 7.22. The first-order valence-electron chi connectivity index (χ1n) is 4.38. The molecule has 0 fully saturated rings. The van der Waals surface area contributed by atoms with Gasteiger partial charge in [0.05, 0.1) is 18.4 Å². The van der Waals surface area contributed by atoms with E-state index >= 15 is 0 Å². The van der Waals surface area contributed by atoms with Gasteiger partial charge in [0.2, 0.25) is 0 Å². The maximum Gasteiger partial charge on any atom is 0.143 e. The second-order valence-electron chi connectivity index (χ2n) is 3.09. The molecular formula is C11H9FO3. The summed E-state index contributed by atoms with van der Waals surface area (Å²) >= 11 is 0. The maximum atomic E-state index is 12.7. The molecule has 2 aromatic rings. The first-order valence-corrected chi connectivity index (χ1v) is 4.38. The van der Waals surface area contributed by atoms with Crippen molar-refractivity contribution in [3.8, 4) is 17.1 Å². The lowest BCUT2D eigenvalue weighted by atomic mass is 10.1. The Morgan fingerprint density at radius 2 is 2.07 bits per heavy atom. The quantitative estimate of drug-likeness (QED) is 0.796. The minimum absolute atomic E-state index is 0.192. The molecule has 15 heavy (non-hydrogen) atoms. The van der Waals surface area contributed by atoms with Crippen LogP contribution in [0.3, 0.4) is 0 Å². The molecule has 2 rings (SSSR count). The van der Waals surface area contributed by atoms with E-state index < -0.39 is 5.82 Å². The Bertz CT molecular complexity index is 476. The zero-order valence-corrected chi connectivity index (χ0v) is 7.77. The molecule has 0 aliphatic rings. The molecule has 2 N–H and O–H groups in total. The summed E-state index contributed by atoms with van der Waals surface area (Å²) in [6.07, 6.45) is 1.41. The number of hydrogen-bond donors (Lipinski definition) is 2. The Labute approximate surface area is 85.4 Å². The van der Waals surface area contributed by atoms with Crippen molar-refractivity contribution < 1.29 is 19.0 Å². The SMILES string of the molecule is OCc1ccoc1-c1ccc(F)cc1O. The van der Waals surface area contributed by atoms with Crippen molar-refractivity contribution >= 4 is 0 Å². The van der Waals surface area contributed by atoms with Crippen LogP contribution in [-0.2, 0) is 6.61 Å². The number of phenols is 1. The number of aromatic hydroxyl groups is 1. The minimum atomic E-state index is -0.520. The monoisotopic (exact) mass is 208 g/mol. The number of phenolic OH excluding ortho intramolecular Hbond substituents is 1. The van der Waals surface area contributed by atoms with E-state index in [2.05, 4.69) is 0 Å². The normalized spacial score (nSPS) is 10.5. The van der Waals surface area contributed by atoms with Crippen molar-refractivity contribution in [2.24, 2.45) is 0 Å². The van der Waals surface area contributed by atoms with Gasteiger partial charge in [-0.15, -0.1) is 0 Å². The maximum absolute atomic E-state index is 12.7. The molecule has 0 saturated heterocycles. The van der Waals surface area contributed by atoms with Gasteiger partial charge in [-0.05, 0) is 18.2 Å². The molecule has 0 amide bonds. The standard InChI is InChI=1S/C11H9FO3/c12-8-1-2-9(10(14)5-8)11-7(6-13)3-4-15-11/h1-5,13-14H,6H2. The van der Waals surface area contributed by atoms with E-state index in [4.69, 9.17) is 9.52 Å². The van der Waals surface area contributed by atoms with Gasteiger partial charge in [-0.25, -0.2) is 4.39 Å². The second kappa shape index (κ2) is 3.74. The third-order valence-electron chi connectivity index (χ3n) is 2.12. The van der Waals surface area contributed by atoms with Crippen molar-refractivity contribution in [1.82, 2.24) is 0 Å². The fourth-order valence-corrected chi connectivity index (χ4v) is 1.39. The predicted octanol–water partition coefficient (Wildman–Crippen LogP) is 2.28. The van der Waals surface area contributed by atoms with Crippen LogP contribution in [0.15, 0.2) is 34.9 Å². The first kappa shape index (κ1) is 9.73. The molecule has 4 heteroatoms. The van der Waals surface area contributed by atoms with E-state index in [-0.39, 0.29) is 12.4 Å². The van der Waals surface area contributed by atoms with Crippen LogP contribution >= 0.6 is 0 Å². The van der Waals surface area contributed by atoms with Crippen LogP contribution in [0.2, 0.25) is 0 Å². The van der Waals surface area contributed by atoms with E-state index in [0.717, 1.165) is 6.07 Å². The van der Waals surface area contributed by atoms with E-state index in [1.54, 1.807) is 6.07 Å². The minimum Gasteiger partial charge on any atom is -0.507 e. The van der Waals surface area contributed by atoms with Crippen LogP contribution in [0.5, 0.6) is 5.75 Å². The fraction of sp³-hybridized carbons (Fsp3) is 0.0909. The summed E-state index contributed by atoms with van der Waals surface area (Å²) in [6, 6.07) is 5.22. The summed E-state index contributed by atoms with van der Waals surface area (Å²) in [5, 5.41) is 18.5. The molecule has 1 heterocycles. The molecule has 1 aromatic heterocycles. The lowest BCUT2D eigenvalue weighted by Gasteiger charge is -2.03. The van der Waals surface area contributed by atoms with E-state index in [9.17, 15) is 9.50 Å². The third kappa shape index (κ3) is 1.71. The highest BCUT2D eigenvalue weighted by Gasteiger charge is 2.12. The average Bonchev–Trinajstić information content (AvgIpc) is 2.65. The number of aliphatic hydroxyl groups excluding tert-OH is 1. The highest BCUT2D eigenvalue weighted by Crippen LogP contribution is 2.32. The van der Waals surface area contributed by atoms with Crippen molar-refractivity contribution in [2.45, 2.75) is 6.61 Å². The summed E-state index contributed by atoms with van der Waals surface area (Å²) in [5.74, 6) is -0.372. The molecular weight excluding hydrogens is 199 g/mol. The van der Waals surface area contributed by atoms with Gasteiger partial charge < -0.3 is 14.6 Å². The zero-order chi connectivity index (χ0) is 10.8. The molecule has 0 radical (unpaired) electrons. The topological polar surface area (TPSA) is 53.6 Å². The van der Waals surface area contributed by atoms with Crippen LogP contribution in [0.25, 0.3) is 11.3 Å². The van der Waals surface area contributed by atoms with Gasteiger partial charge in [-0.1, -0.05) is 0 Å². The number of aliphatic hydroxyl groups is 1. The summed E-state index contributed by atoms with van der Waals surface area (Å²) in [4.78, 5) is 0. The van der Waals surface area contributed by atoms with Crippen molar-refractivity contribution in [3.05, 3.63) is 41.9 Å². The molecule has 0 bridgehead atoms. The van der Waals surface area contributed by atoms with Crippen LogP contribution < -0.4 is 0 Å². The van der Waals surface area contributed by atoms with Crippen LogP contribution in [0.4, 0.5) is 4.39 Å². The lowest BCUT2D eigenvalue weighted by molar-refractivity contribution is 0.281. The van der Waals surface area contributed by atoms with Gasteiger partial charge >= 0.3 is 0 Å². The number of furan rings is 1. The Kier molecular flexibility index (Phi) is 2.43. The van der Waals surface area contributed by atoms with Crippen molar-refractivity contribution in [3.63, 3.8) is 0 Å². The highest BCUT2D eigenvalue weighted by atomic mass is 19.1. The molecule has 0 aliphatic heterocycles. The Balaban J connectivity index is 2.54. The van der Waals surface area contributed by atoms with Crippen molar-refractivity contribution in [2.75, 3.05) is 0 Å². The Morgan fingerprint density at radius 1 is 1.27 bits per heavy atom. The summed E-state index contributed by atoms with van der Waals surface area (Å²) < 4.78 is 17.9. The number of hydrogen-bond acceptors (Lipinski definition) is 3. The largest absolute Gasteiger partial charge is 0.507 e. The molecule has 78 valence electrons. The zero-order valence-electron chi connectivity index (χ0n) is 7.77. The number of halogens is 1. The lowest BCUT2D eigenvalue weighted by Crippen LogP contribution is -1.85. The van der Waals surface area contributed by atoms with Gasteiger partial charge in [-0.2, -0.15) is 0 Å². The molecule has 0 saturated carbocycles. The van der Waals surface area contributed by atoms with E-state index in [0.29, 0.717) is 16.9 Å². The Hall–Kier alpha value is -1.81. The molecule has 0 atom stereocenters. The molecule has 3 nitrogen and oxygen atoms in total. The van der Waals surface area contributed by atoms with Gasteiger partial charge in [-0.3, -0.25) is 0 Å². The summed E-state index contributed by atoms with van der Waals surface area (Å²) in [5.41, 5.74) is 0.919. The van der Waals surface area contributed by atoms with E-state index in [1.165, 1.54) is 18.4 Å². The Morgan fingerprint density at radius 3 is 2.73 bits per heavy atom. The van der Waals surface area contributed by atoms with Gasteiger partial charge in [0.1, 0.15) is 17.3 Å². The van der Waals surface area contributed by atoms with Crippen molar-refractivity contribution in [1.29, 1.82) is 0 Å². The van der Waals surface area contributed by atoms with E-state index in [1.807, 2.05) is 0 Å². The van der Waals surface area contributed by atoms with Crippen LogP contribution in [0.1, 0.15) is 5.56 Å². The molecule has 0 spiro atoms. The smallest absolute Gasteiger partial charge is 0.143 e. The van der Waals surface area contributed by atoms with Gasteiger partial charge in [0.15, 0.2) is 0 Å². The number of rotatable bonds is 2. The van der Waals surface area contributed by atoms with Gasteiger partial charge in [0, 0.05) is 11.6 Å². The van der Waals surface area contributed by atoms with Gasteiger partial charge in [0.25, 0.3) is 0 Å². The highest BCUT2D eigenvalue weighted by molar-refractivity contribution is 5.68. The summed E-state index contributed by atoms with van der Waals surface area (Å²) in [7, 11) is 0. The third-order valence-corrected chi connectivity index (χ3v) is 2.12. The molecule has 1 aromatic carbocycles. The number of benzene rings is 1. The average molecular weight is 208 g/mol. The fourth-order valence-electron chi connectivity index (χ4n) is 1.39. The predicted molar refractivity (Wildman–Crippen MR) is 51.7 cm³/mol. The molecule has 0 aliphatic carbocycles. The molecule has 0 unspecified atom stereocenters. The second-order valence-corrected chi connectivity index (χ2v) is 3.09. The van der Waals surface area contributed by atoms with Crippen LogP contribution in [0, 0.1) is 5.82 Å². The summed E-state index contributed by atoms with van der Waals surface area (Å²) in [6.45, 7) is -0.192. The van der Waals surface area contributed by atoms with Crippen LogP contribution in [-0.4, -0.2) is 10.2 Å².